The Labute approximate surface area is 55.9 Å². The molecule has 2 nitrogen and oxygen atoms in total. The van der Waals surface area contributed by atoms with Crippen LogP contribution in [0.5, 0.6) is 0 Å². The summed E-state index contributed by atoms with van der Waals surface area (Å²) < 4.78 is 0.919. The molecule has 0 aliphatic heterocycles. The van der Waals surface area contributed by atoms with Crippen molar-refractivity contribution >= 4 is 28.3 Å². The molecule has 0 saturated heterocycles. The van der Waals surface area contributed by atoms with Crippen molar-refractivity contribution in [2.75, 3.05) is 0 Å². The molecule has 7 heavy (non-hydrogen) atoms. The molecule has 0 saturated carbocycles. The molecular weight excluding hydrogens is 179 g/mol. The van der Waals surface area contributed by atoms with Crippen molar-refractivity contribution in [1.29, 1.82) is 0 Å². The smallest absolute Gasteiger partial charge is 0.102 e. The normalized spacial score (nSPS) is 7.57. The van der Waals surface area contributed by atoms with Gasteiger partial charge in [-0.05, 0) is 15.9 Å². The van der Waals surface area contributed by atoms with Gasteiger partial charge in [-0.1, -0.05) is 0 Å². The summed E-state index contributed by atoms with van der Waals surface area (Å²) in [4.78, 5) is 6.52. The average molecular weight is 183 g/mol. The number of aromatic nitrogens is 2. The molecule has 0 aliphatic rings. The molecule has 0 bridgehead atoms. The number of halogens is 2. The zero-order chi connectivity index (χ0) is 4.41. The number of rotatable bonds is 0. The zero-order valence-electron chi connectivity index (χ0n) is 3.39. The molecule has 0 atom stereocenters. The first-order valence-electron chi connectivity index (χ1n) is 1.53. The largest absolute Gasteiger partial charge is 0.339 e. The highest BCUT2D eigenvalue weighted by molar-refractivity contribution is 9.10. The quantitative estimate of drug-likeness (QED) is 0.650. The summed E-state index contributed by atoms with van der Waals surface area (Å²) in [6.45, 7) is 0. The van der Waals surface area contributed by atoms with Gasteiger partial charge in [-0.15, -0.1) is 12.4 Å². The molecule has 1 rings (SSSR count). The maximum absolute atomic E-state index is 3.72. The van der Waals surface area contributed by atoms with E-state index in [0.717, 1.165) is 4.60 Å². The van der Waals surface area contributed by atoms with Crippen LogP contribution in [-0.2, 0) is 0 Å². The first-order chi connectivity index (χ1) is 2.89. The van der Waals surface area contributed by atoms with E-state index in [1.165, 1.54) is 0 Å². The predicted octanol–water partition coefficient (Wildman–Crippen LogP) is 1.59. The fraction of sp³-hybridized carbons (Fsp3) is 0. The minimum absolute atomic E-state index is 0. The molecule has 0 unspecified atom stereocenters. The van der Waals surface area contributed by atoms with Crippen LogP contribution in [0.25, 0.3) is 0 Å². The summed E-state index contributed by atoms with van der Waals surface area (Å²) in [6.07, 6.45) is 3.31. The van der Waals surface area contributed by atoms with Crippen LogP contribution in [0.1, 0.15) is 0 Å². The Kier molecular flexibility index (Phi) is 3.04. The highest BCUT2D eigenvalue weighted by atomic mass is 79.9. The highest BCUT2D eigenvalue weighted by Gasteiger charge is 1.76. The van der Waals surface area contributed by atoms with Gasteiger partial charge in [0.05, 0.1) is 12.5 Å². The van der Waals surface area contributed by atoms with Crippen molar-refractivity contribution in [2.24, 2.45) is 0 Å². The molecule has 40 valence electrons. The lowest BCUT2D eigenvalue weighted by atomic mass is 11.0. The Morgan fingerprint density at radius 3 is 2.57 bits per heavy atom. The molecule has 0 spiro atoms. The van der Waals surface area contributed by atoms with Crippen LogP contribution < -0.4 is 0 Å². The van der Waals surface area contributed by atoms with Crippen LogP contribution >= 0.6 is 28.3 Å². The van der Waals surface area contributed by atoms with E-state index in [2.05, 4.69) is 25.9 Å². The van der Waals surface area contributed by atoms with Gasteiger partial charge in [-0.25, -0.2) is 4.98 Å². The minimum Gasteiger partial charge on any atom is -0.339 e. The lowest BCUT2D eigenvalue weighted by Gasteiger charge is -1.64. The number of nitrogens with one attached hydrogen (secondary N) is 1. The molecule has 1 aromatic heterocycles. The summed E-state index contributed by atoms with van der Waals surface area (Å²) in [5.74, 6) is 0. The van der Waals surface area contributed by atoms with E-state index in [-0.39, 0.29) is 12.4 Å². The Morgan fingerprint density at radius 2 is 2.43 bits per heavy atom. The topological polar surface area (TPSA) is 28.7 Å². The van der Waals surface area contributed by atoms with Crippen LogP contribution in [0.3, 0.4) is 0 Å². The van der Waals surface area contributed by atoms with Gasteiger partial charge in [0.1, 0.15) is 4.60 Å². The second kappa shape index (κ2) is 3.04. The van der Waals surface area contributed by atoms with E-state index in [4.69, 9.17) is 0 Å². The lowest BCUT2D eigenvalue weighted by Crippen LogP contribution is -1.50. The molecule has 1 N–H and O–H groups in total. The molecule has 0 radical (unpaired) electrons. The highest BCUT2D eigenvalue weighted by Crippen LogP contribution is 1.98. The minimum atomic E-state index is 0. The number of H-pyrrole nitrogens is 1. The van der Waals surface area contributed by atoms with Crippen molar-refractivity contribution in [1.82, 2.24) is 9.97 Å². The van der Waals surface area contributed by atoms with Gasteiger partial charge in [0, 0.05) is 0 Å². The lowest BCUT2D eigenvalue weighted by molar-refractivity contribution is 1.30. The molecule has 4 heteroatoms. The third-order valence-corrected chi connectivity index (χ3v) is 0.899. The van der Waals surface area contributed by atoms with Crippen LogP contribution in [-0.4, -0.2) is 9.97 Å². The SMILES string of the molecule is Brc1cnc[nH]1.Cl. The van der Waals surface area contributed by atoms with E-state index in [1.54, 1.807) is 12.5 Å². The molecule has 1 aromatic rings. The Hall–Kier alpha value is -0.0200. The standard InChI is InChI=1S/C3H3BrN2.ClH/c4-3-1-5-2-6-3;/h1-2H,(H,5,6);1H. The monoisotopic (exact) mass is 182 g/mol. The van der Waals surface area contributed by atoms with Gasteiger partial charge in [-0.2, -0.15) is 0 Å². The predicted molar refractivity (Wildman–Crippen MR) is 33.5 cm³/mol. The molecule has 0 amide bonds. The maximum atomic E-state index is 3.72. The van der Waals surface area contributed by atoms with E-state index in [9.17, 15) is 0 Å². The molecular formula is C3H4BrClN2. The number of hydrogen-bond donors (Lipinski definition) is 1. The Morgan fingerprint density at radius 1 is 1.71 bits per heavy atom. The zero-order valence-corrected chi connectivity index (χ0v) is 5.79. The van der Waals surface area contributed by atoms with E-state index >= 15 is 0 Å². The second-order valence-electron chi connectivity index (χ2n) is 0.900. The first-order valence-corrected chi connectivity index (χ1v) is 2.33. The van der Waals surface area contributed by atoms with Gasteiger partial charge in [-0.3, -0.25) is 0 Å². The van der Waals surface area contributed by atoms with Crippen LogP contribution in [0.2, 0.25) is 0 Å². The molecule has 0 fully saturated rings. The maximum Gasteiger partial charge on any atom is 0.102 e. The van der Waals surface area contributed by atoms with E-state index < -0.39 is 0 Å². The van der Waals surface area contributed by atoms with E-state index in [0.29, 0.717) is 0 Å². The summed E-state index contributed by atoms with van der Waals surface area (Å²) in [7, 11) is 0. The van der Waals surface area contributed by atoms with Crippen LogP contribution in [0, 0.1) is 0 Å². The Bertz CT molecular complexity index is 116. The fourth-order valence-electron chi connectivity index (χ4n) is 0.239. The van der Waals surface area contributed by atoms with Crippen molar-refractivity contribution in [3.63, 3.8) is 0 Å². The van der Waals surface area contributed by atoms with Crippen molar-refractivity contribution in [3.05, 3.63) is 17.1 Å². The molecule has 0 aliphatic carbocycles. The third kappa shape index (κ3) is 1.94. The summed E-state index contributed by atoms with van der Waals surface area (Å²) in [5.41, 5.74) is 0. The average Bonchev–Trinajstić information content (AvgIpc) is 1.86. The molecule has 1 heterocycles. The summed E-state index contributed by atoms with van der Waals surface area (Å²) >= 11 is 3.16. The van der Waals surface area contributed by atoms with Crippen molar-refractivity contribution in [2.45, 2.75) is 0 Å². The first kappa shape index (κ1) is 6.98. The van der Waals surface area contributed by atoms with Gasteiger partial charge in [0.25, 0.3) is 0 Å². The van der Waals surface area contributed by atoms with Crippen molar-refractivity contribution in [3.8, 4) is 0 Å². The second-order valence-corrected chi connectivity index (χ2v) is 1.75. The Balaban J connectivity index is 0.000000360. The van der Waals surface area contributed by atoms with Crippen LogP contribution in [0.4, 0.5) is 0 Å². The number of imidazole rings is 1. The summed E-state index contributed by atoms with van der Waals surface area (Å²) in [6, 6.07) is 0. The van der Waals surface area contributed by atoms with Crippen molar-refractivity contribution < 1.29 is 0 Å². The number of aromatic amines is 1. The van der Waals surface area contributed by atoms with E-state index in [1.807, 2.05) is 0 Å². The summed E-state index contributed by atoms with van der Waals surface area (Å²) in [5, 5.41) is 0. The van der Waals surface area contributed by atoms with Gasteiger partial charge < -0.3 is 4.98 Å². The fourth-order valence-corrected chi connectivity index (χ4v) is 0.459. The van der Waals surface area contributed by atoms with Gasteiger partial charge in [0.2, 0.25) is 0 Å². The third-order valence-electron chi connectivity index (χ3n) is 0.465. The number of nitrogens with zero attached hydrogens (tertiary/aromatic N) is 1. The van der Waals surface area contributed by atoms with Crippen LogP contribution in [0.15, 0.2) is 17.1 Å². The van der Waals surface area contributed by atoms with Gasteiger partial charge in [0.15, 0.2) is 0 Å². The molecule has 0 aromatic carbocycles. The van der Waals surface area contributed by atoms with Gasteiger partial charge >= 0.3 is 0 Å². The number of hydrogen-bond acceptors (Lipinski definition) is 1.